The highest BCUT2D eigenvalue weighted by molar-refractivity contribution is 5.93. The van der Waals surface area contributed by atoms with Gasteiger partial charge in [-0.3, -0.25) is 14.6 Å². The van der Waals surface area contributed by atoms with Gasteiger partial charge in [0.25, 0.3) is 0 Å². The molecule has 34 heavy (non-hydrogen) atoms. The van der Waals surface area contributed by atoms with Gasteiger partial charge in [0.1, 0.15) is 0 Å². The first kappa shape index (κ1) is 26.7. The Kier molecular flexibility index (Phi) is 12.0. The lowest BCUT2D eigenvalue weighted by Crippen LogP contribution is -2.50. The fourth-order valence-electron chi connectivity index (χ4n) is 3.77. The Bertz CT molecular complexity index is 876. The molecule has 0 radical (unpaired) electrons. The zero-order chi connectivity index (χ0) is 24.6. The van der Waals surface area contributed by atoms with Gasteiger partial charge in [0.2, 0.25) is 0 Å². The molecule has 0 saturated heterocycles. The molecule has 3 nitrogen and oxygen atoms in total. The fraction of sp³-hybridized carbons (Fsp3) is 0.194. The van der Waals surface area contributed by atoms with E-state index >= 15 is 0 Å². The van der Waals surface area contributed by atoms with Gasteiger partial charge in [-0.1, -0.05) is 109 Å². The molecule has 2 rings (SSSR count). The topological polar surface area (TPSA) is 23.6 Å². The Hall–Kier alpha value is -3.53. The van der Waals surface area contributed by atoms with Gasteiger partial charge in [0.05, 0.1) is 12.1 Å². The van der Waals surface area contributed by atoms with Crippen LogP contribution in [0.3, 0.4) is 0 Å². The van der Waals surface area contributed by atoms with Crippen LogP contribution in [0.1, 0.15) is 11.1 Å². The van der Waals surface area contributed by atoms with E-state index in [-0.39, 0.29) is 5.78 Å². The smallest absolute Gasteiger partial charge is 0.174 e. The summed E-state index contributed by atoms with van der Waals surface area (Å²) in [5.74, 6) is 0.0757. The monoisotopic (exact) mass is 452 g/mol. The molecule has 2 aromatic rings. The maximum atomic E-state index is 14.1. The van der Waals surface area contributed by atoms with E-state index in [0.717, 1.165) is 11.1 Å². The third-order valence-electron chi connectivity index (χ3n) is 5.37. The summed E-state index contributed by atoms with van der Waals surface area (Å²) in [6, 6.07) is 19.1. The van der Waals surface area contributed by atoms with Crippen molar-refractivity contribution in [3.05, 3.63) is 135 Å². The summed E-state index contributed by atoms with van der Waals surface area (Å²) < 4.78 is 0. The molecule has 0 fully saturated rings. The number of hydrogen-bond acceptors (Lipinski definition) is 3. The number of benzene rings is 2. The van der Waals surface area contributed by atoms with Crippen LogP contribution in [-0.2, 0) is 4.79 Å². The van der Waals surface area contributed by atoms with Gasteiger partial charge in [0.15, 0.2) is 5.78 Å². The summed E-state index contributed by atoms with van der Waals surface area (Å²) in [5, 5.41) is 0. The van der Waals surface area contributed by atoms with Crippen molar-refractivity contribution in [1.82, 2.24) is 9.80 Å². The van der Waals surface area contributed by atoms with E-state index in [4.69, 9.17) is 0 Å². The van der Waals surface area contributed by atoms with Gasteiger partial charge in [-0.05, 0) is 11.1 Å². The van der Waals surface area contributed by atoms with Crippen LogP contribution >= 0.6 is 0 Å². The highest BCUT2D eigenvalue weighted by Crippen LogP contribution is 2.16. The lowest BCUT2D eigenvalue weighted by atomic mass is 9.98. The predicted molar refractivity (Wildman–Crippen MR) is 147 cm³/mol. The molecule has 3 heteroatoms. The predicted octanol–water partition coefficient (Wildman–Crippen LogP) is 6.07. The third-order valence-corrected chi connectivity index (χ3v) is 5.37. The quantitative estimate of drug-likeness (QED) is 0.289. The van der Waals surface area contributed by atoms with Gasteiger partial charge in [-0.2, -0.15) is 0 Å². The van der Waals surface area contributed by atoms with E-state index in [0.29, 0.717) is 26.2 Å². The van der Waals surface area contributed by atoms with E-state index in [9.17, 15) is 4.79 Å². The van der Waals surface area contributed by atoms with E-state index in [1.54, 1.807) is 0 Å². The van der Waals surface area contributed by atoms with E-state index < -0.39 is 12.1 Å². The normalized spacial score (nSPS) is 13.2. The summed E-state index contributed by atoms with van der Waals surface area (Å²) in [6.07, 6.45) is 15.2. The van der Waals surface area contributed by atoms with Crippen molar-refractivity contribution in [2.24, 2.45) is 0 Å². The summed E-state index contributed by atoms with van der Waals surface area (Å²) in [5.41, 5.74) is 2.09. The summed E-state index contributed by atoms with van der Waals surface area (Å²) >= 11 is 0. The molecule has 0 aliphatic carbocycles. The van der Waals surface area contributed by atoms with E-state index in [1.807, 2.05) is 109 Å². The maximum absolute atomic E-state index is 14.1. The highest BCUT2D eigenvalue weighted by atomic mass is 16.1. The minimum absolute atomic E-state index is 0.0757. The first-order valence-electron chi connectivity index (χ1n) is 11.6. The molecule has 2 unspecified atom stereocenters. The molecule has 2 atom stereocenters. The fourth-order valence-corrected chi connectivity index (χ4v) is 3.77. The Balaban J connectivity index is 2.50. The second-order valence-corrected chi connectivity index (χ2v) is 7.89. The van der Waals surface area contributed by atoms with Crippen molar-refractivity contribution in [2.75, 3.05) is 26.2 Å². The molecular formula is C31H36N2O. The van der Waals surface area contributed by atoms with Gasteiger partial charge in [-0.15, -0.1) is 26.3 Å². The van der Waals surface area contributed by atoms with Crippen LogP contribution < -0.4 is 0 Å². The number of Topliss-reactive ketones (excluding diaryl/α,β-unsaturated/α-hetero) is 1. The molecule has 0 spiro atoms. The van der Waals surface area contributed by atoms with Gasteiger partial charge >= 0.3 is 0 Å². The molecule has 0 saturated carbocycles. The maximum Gasteiger partial charge on any atom is 0.174 e. The van der Waals surface area contributed by atoms with Crippen LogP contribution in [0.2, 0.25) is 0 Å². The second kappa shape index (κ2) is 15.3. The number of carbonyl (C=O) groups is 1. The van der Waals surface area contributed by atoms with Crippen LogP contribution in [0.5, 0.6) is 0 Å². The van der Waals surface area contributed by atoms with E-state index in [2.05, 4.69) is 36.1 Å². The molecule has 0 aliphatic rings. The Morgan fingerprint density at radius 3 is 1.24 bits per heavy atom. The van der Waals surface area contributed by atoms with Gasteiger partial charge in [0, 0.05) is 26.2 Å². The highest BCUT2D eigenvalue weighted by Gasteiger charge is 2.30. The third kappa shape index (κ3) is 8.43. The Labute approximate surface area is 205 Å². The first-order valence-corrected chi connectivity index (χ1v) is 11.6. The molecule has 0 aliphatic heterocycles. The Morgan fingerprint density at radius 2 is 0.941 bits per heavy atom. The Morgan fingerprint density at radius 1 is 0.618 bits per heavy atom. The van der Waals surface area contributed by atoms with Crippen molar-refractivity contribution < 1.29 is 4.79 Å². The van der Waals surface area contributed by atoms with Crippen molar-refractivity contribution in [2.45, 2.75) is 12.1 Å². The van der Waals surface area contributed by atoms with Gasteiger partial charge < -0.3 is 0 Å². The van der Waals surface area contributed by atoms with Gasteiger partial charge in [-0.25, -0.2) is 0 Å². The molecule has 0 N–H and O–H groups in total. The van der Waals surface area contributed by atoms with Crippen molar-refractivity contribution in [3.8, 4) is 0 Å². The van der Waals surface area contributed by atoms with Crippen LogP contribution in [-0.4, -0.2) is 53.8 Å². The van der Waals surface area contributed by atoms with Crippen molar-refractivity contribution in [3.63, 3.8) is 0 Å². The molecule has 176 valence electrons. The first-order chi connectivity index (χ1) is 16.6. The lowest BCUT2D eigenvalue weighted by molar-refractivity contribution is -0.125. The van der Waals surface area contributed by atoms with Crippen molar-refractivity contribution >= 4 is 17.9 Å². The molecule has 0 aromatic heterocycles. The number of ketones is 1. The number of rotatable bonds is 16. The summed E-state index contributed by atoms with van der Waals surface area (Å²) in [6.45, 7) is 17.9. The average molecular weight is 453 g/mol. The lowest BCUT2D eigenvalue weighted by Gasteiger charge is -2.33. The van der Waals surface area contributed by atoms with E-state index in [1.165, 1.54) is 0 Å². The zero-order valence-corrected chi connectivity index (χ0v) is 20.0. The molecule has 0 bridgehead atoms. The number of hydrogen-bond donors (Lipinski definition) is 0. The largest absolute Gasteiger partial charge is 0.295 e. The summed E-state index contributed by atoms with van der Waals surface area (Å²) in [4.78, 5) is 18.3. The minimum atomic E-state index is -0.459. The number of nitrogens with zero attached hydrogens (tertiary/aromatic N) is 2. The average Bonchev–Trinajstić information content (AvgIpc) is 2.86. The molecule has 0 heterocycles. The summed E-state index contributed by atoms with van der Waals surface area (Å²) in [7, 11) is 0. The van der Waals surface area contributed by atoms with Crippen LogP contribution in [0.15, 0.2) is 123 Å². The minimum Gasteiger partial charge on any atom is -0.295 e. The zero-order valence-electron chi connectivity index (χ0n) is 20.0. The number of carbonyl (C=O) groups excluding carboxylic acids is 1. The van der Waals surface area contributed by atoms with Crippen molar-refractivity contribution in [1.29, 1.82) is 0 Å². The van der Waals surface area contributed by atoms with Crippen LogP contribution in [0.25, 0.3) is 12.2 Å². The second-order valence-electron chi connectivity index (χ2n) is 7.89. The van der Waals surface area contributed by atoms with Crippen LogP contribution in [0.4, 0.5) is 0 Å². The standard InChI is InChI=1S/C31H36N2O/c1-5-23-32(24-6-2)29(21-19-27-15-11-9-12-16-27)31(34)30(33(25-7-3)26-8-4)22-20-28-17-13-10-14-18-28/h5-22,29-30H,1-4,23-26H2. The molecule has 0 amide bonds. The molecule has 2 aromatic carbocycles. The van der Waals surface area contributed by atoms with Crippen LogP contribution in [0, 0.1) is 0 Å². The SMILES string of the molecule is C=CCN(CC=C)C(C=Cc1ccccc1)C(=O)C(C=Cc1ccccc1)N(CC=C)CC=C. The molecular weight excluding hydrogens is 416 g/mol.